The van der Waals surface area contributed by atoms with Gasteiger partial charge in [0.2, 0.25) is 10.0 Å². The highest BCUT2D eigenvalue weighted by molar-refractivity contribution is 7.89. The molecule has 0 aliphatic carbocycles. The molecular weight excluding hydrogens is 350 g/mol. The molecule has 0 fully saturated rings. The molecule has 7 heteroatoms. The number of aryl methyl sites for hydroxylation is 1. The van der Waals surface area contributed by atoms with Crippen molar-refractivity contribution in [3.63, 3.8) is 0 Å². The molecule has 26 heavy (non-hydrogen) atoms. The average molecular weight is 375 g/mol. The molecule has 1 unspecified atom stereocenters. The molecule has 0 saturated heterocycles. The normalized spacial score (nSPS) is 12.7. The Morgan fingerprint density at radius 3 is 2.35 bits per heavy atom. The first kappa shape index (κ1) is 19.9. The summed E-state index contributed by atoms with van der Waals surface area (Å²) >= 11 is 0. The number of sulfonamides is 1. The fourth-order valence-electron chi connectivity index (χ4n) is 2.49. The first-order valence-corrected chi connectivity index (χ1v) is 9.84. The maximum atomic E-state index is 12.3. The molecule has 2 amide bonds. The predicted octanol–water partition coefficient (Wildman–Crippen LogP) is 3.52. The largest absolute Gasteiger partial charge is 0.331 e. The zero-order valence-electron chi connectivity index (χ0n) is 15.5. The summed E-state index contributed by atoms with van der Waals surface area (Å²) in [6, 6.07) is 13.7. The minimum Gasteiger partial charge on any atom is -0.331 e. The van der Waals surface area contributed by atoms with Crippen LogP contribution in [0.15, 0.2) is 53.4 Å². The molecule has 0 bridgehead atoms. The van der Waals surface area contributed by atoms with Gasteiger partial charge < -0.3 is 10.6 Å². The summed E-state index contributed by atoms with van der Waals surface area (Å²) in [6.07, 6.45) is 0.742. The SMILES string of the molecule is CCC(NC(=O)Nc1cccc(S(=O)(=O)N(C)C)c1)c1ccc(C)cc1. The fourth-order valence-corrected chi connectivity index (χ4v) is 3.44. The fraction of sp³-hybridized carbons (Fsp3) is 0.316. The number of hydrogen-bond acceptors (Lipinski definition) is 3. The van der Waals surface area contributed by atoms with Crippen LogP contribution in [0.25, 0.3) is 0 Å². The average Bonchev–Trinajstić information content (AvgIpc) is 2.60. The maximum absolute atomic E-state index is 12.3. The van der Waals surface area contributed by atoms with Gasteiger partial charge in [-0.25, -0.2) is 17.5 Å². The quantitative estimate of drug-likeness (QED) is 0.811. The smallest absolute Gasteiger partial charge is 0.319 e. The van der Waals surface area contributed by atoms with Crippen LogP contribution < -0.4 is 10.6 Å². The van der Waals surface area contributed by atoms with E-state index < -0.39 is 10.0 Å². The highest BCUT2D eigenvalue weighted by Gasteiger charge is 2.18. The lowest BCUT2D eigenvalue weighted by molar-refractivity contribution is 0.248. The van der Waals surface area contributed by atoms with Crippen LogP contribution in [0.3, 0.4) is 0 Å². The van der Waals surface area contributed by atoms with Crippen LogP contribution in [0.2, 0.25) is 0 Å². The number of hydrogen-bond donors (Lipinski definition) is 2. The molecule has 0 aromatic heterocycles. The Balaban J connectivity index is 2.11. The van der Waals surface area contributed by atoms with Crippen LogP contribution in [-0.2, 0) is 10.0 Å². The Labute approximate surface area is 155 Å². The van der Waals surface area contributed by atoms with Crippen LogP contribution in [0.4, 0.5) is 10.5 Å². The third-order valence-corrected chi connectivity index (χ3v) is 5.87. The summed E-state index contributed by atoms with van der Waals surface area (Å²) in [4.78, 5) is 12.5. The minimum atomic E-state index is -3.55. The highest BCUT2D eigenvalue weighted by atomic mass is 32.2. The van der Waals surface area contributed by atoms with Gasteiger partial charge in [0.15, 0.2) is 0 Å². The standard InChI is InChI=1S/C19H25N3O3S/c1-5-18(15-11-9-14(2)10-12-15)21-19(23)20-16-7-6-8-17(13-16)26(24,25)22(3)4/h6-13,18H,5H2,1-4H3,(H2,20,21,23). The van der Waals surface area contributed by atoms with Gasteiger partial charge in [-0.1, -0.05) is 42.8 Å². The van der Waals surface area contributed by atoms with Crippen molar-refractivity contribution in [2.45, 2.75) is 31.2 Å². The molecular formula is C19H25N3O3S. The van der Waals surface area contributed by atoms with Crippen LogP contribution in [0.1, 0.15) is 30.5 Å². The van der Waals surface area contributed by atoms with Crippen molar-refractivity contribution in [3.8, 4) is 0 Å². The van der Waals surface area contributed by atoms with Gasteiger partial charge in [0.25, 0.3) is 0 Å². The van der Waals surface area contributed by atoms with Crippen LogP contribution in [0.5, 0.6) is 0 Å². The summed E-state index contributed by atoms with van der Waals surface area (Å²) in [7, 11) is -0.613. The second-order valence-corrected chi connectivity index (χ2v) is 8.44. The van der Waals surface area contributed by atoms with Crippen molar-refractivity contribution in [1.29, 1.82) is 0 Å². The summed E-state index contributed by atoms with van der Waals surface area (Å²) in [5.74, 6) is 0. The van der Waals surface area contributed by atoms with Gasteiger partial charge in [0, 0.05) is 19.8 Å². The van der Waals surface area contributed by atoms with Gasteiger partial charge in [-0.2, -0.15) is 0 Å². The topological polar surface area (TPSA) is 78.5 Å². The number of urea groups is 1. The van der Waals surface area contributed by atoms with E-state index in [0.717, 1.165) is 21.9 Å². The number of anilines is 1. The predicted molar refractivity (Wildman–Crippen MR) is 104 cm³/mol. The van der Waals surface area contributed by atoms with E-state index in [2.05, 4.69) is 10.6 Å². The van der Waals surface area contributed by atoms with Gasteiger partial charge in [0.05, 0.1) is 10.9 Å². The second kappa shape index (κ2) is 8.33. The molecule has 0 aliphatic heterocycles. The zero-order chi connectivity index (χ0) is 19.3. The number of carbonyl (C=O) groups is 1. The van der Waals surface area contributed by atoms with E-state index in [-0.39, 0.29) is 17.0 Å². The lowest BCUT2D eigenvalue weighted by Crippen LogP contribution is -2.32. The number of nitrogens with zero attached hydrogens (tertiary/aromatic N) is 1. The van der Waals surface area contributed by atoms with E-state index in [0.29, 0.717) is 5.69 Å². The van der Waals surface area contributed by atoms with Crippen molar-refractivity contribution in [2.24, 2.45) is 0 Å². The monoisotopic (exact) mass is 375 g/mol. The molecule has 2 N–H and O–H groups in total. The third-order valence-electron chi connectivity index (χ3n) is 4.06. The molecule has 140 valence electrons. The van der Waals surface area contributed by atoms with E-state index in [1.807, 2.05) is 38.1 Å². The summed E-state index contributed by atoms with van der Waals surface area (Å²) in [5, 5.41) is 5.63. The number of carbonyl (C=O) groups excluding carboxylic acids is 1. The van der Waals surface area contributed by atoms with Crippen LogP contribution >= 0.6 is 0 Å². The lowest BCUT2D eigenvalue weighted by atomic mass is 10.0. The molecule has 2 aromatic carbocycles. The zero-order valence-corrected chi connectivity index (χ0v) is 16.3. The van der Waals surface area contributed by atoms with Gasteiger partial charge in [-0.15, -0.1) is 0 Å². The van der Waals surface area contributed by atoms with E-state index >= 15 is 0 Å². The second-order valence-electron chi connectivity index (χ2n) is 6.29. The third kappa shape index (κ3) is 4.83. The van der Waals surface area contributed by atoms with E-state index in [9.17, 15) is 13.2 Å². The Kier molecular flexibility index (Phi) is 6.39. The molecule has 0 saturated carbocycles. The Bertz CT molecular complexity index is 862. The van der Waals surface area contributed by atoms with Crippen molar-refractivity contribution < 1.29 is 13.2 Å². The van der Waals surface area contributed by atoms with E-state index in [1.165, 1.54) is 26.2 Å². The van der Waals surface area contributed by atoms with Gasteiger partial charge in [-0.05, 0) is 37.1 Å². The molecule has 2 aromatic rings. The van der Waals surface area contributed by atoms with Crippen molar-refractivity contribution in [1.82, 2.24) is 9.62 Å². The molecule has 2 rings (SSSR count). The first-order chi connectivity index (χ1) is 12.2. The van der Waals surface area contributed by atoms with Gasteiger partial charge >= 0.3 is 6.03 Å². The Hall–Kier alpha value is -2.38. The van der Waals surface area contributed by atoms with Gasteiger partial charge in [0.1, 0.15) is 0 Å². The summed E-state index contributed by atoms with van der Waals surface area (Å²) in [6.45, 7) is 4.01. The Morgan fingerprint density at radius 1 is 1.12 bits per heavy atom. The van der Waals surface area contributed by atoms with Crippen LogP contribution in [-0.4, -0.2) is 32.8 Å². The molecule has 1 atom stereocenters. The van der Waals surface area contributed by atoms with Crippen molar-refractivity contribution >= 4 is 21.7 Å². The number of benzene rings is 2. The number of nitrogens with one attached hydrogen (secondary N) is 2. The molecule has 0 radical (unpaired) electrons. The number of amides is 2. The number of rotatable bonds is 6. The first-order valence-electron chi connectivity index (χ1n) is 8.40. The van der Waals surface area contributed by atoms with Crippen molar-refractivity contribution in [2.75, 3.05) is 19.4 Å². The van der Waals surface area contributed by atoms with Gasteiger partial charge in [-0.3, -0.25) is 0 Å². The Morgan fingerprint density at radius 2 is 1.77 bits per heavy atom. The summed E-state index contributed by atoms with van der Waals surface area (Å²) < 4.78 is 25.5. The van der Waals surface area contributed by atoms with E-state index in [1.54, 1.807) is 12.1 Å². The van der Waals surface area contributed by atoms with Crippen molar-refractivity contribution in [3.05, 3.63) is 59.7 Å². The van der Waals surface area contributed by atoms with E-state index in [4.69, 9.17) is 0 Å². The van der Waals surface area contributed by atoms with Crippen LogP contribution in [0, 0.1) is 6.92 Å². The highest BCUT2D eigenvalue weighted by Crippen LogP contribution is 2.20. The minimum absolute atomic E-state index is 0.121. The molecule has 0 spiro atoms. The summed E-state index contributed by atoms with van der Waals surface area (Å²) in [5.41, 5.74) is 2.60. The molecule has 6 nitrogen and oxygen atoms in total. The molecule has 0 heterocycles. The maximum Gasteiger partial charge on any atom is 0.319 e. The molecule has 0 aliphatic rings. The lowest BCUT2D eigenvalue weighted by Gasteiger charge is -2.18.